The fourth-order valence-electron chi connectivity index (χ4n) is 5.61. The van der Waals surface area contributed by atoms with E-state index in [0.717, 1.165) is 38.5 Å². The Balaban J connectivity index is 3.87. The molecule has 42 heavy (non-hydrogen) atoms. The molecular formula is C36H71NO5. The van der Waals surface area contributed by atoms with E-state index >= 15 is 0 Å². The molecule has 6 heteroatoms. The molecule has 0 saturated heterocycles. The largest absolute Gasteiger partial charge is 0.509 e. The molecule has 0 aromatic carbocycles. The Morgan fingerprint density at radius 1 is 0.524 bits per heavy atom. The Bertz CT molecular complexity index is 624. The van der Waals surface area contributed by atoms with Crippen molar-refractivity contribution in [2.24, 2.45) is 0 Å². The van der Waals surface area contributed by atoms with E-state index in [1.165, 1.54) is 128 Å². The van der Waals surface area contributed by atoms with Gasteiger partial charge in [0.05, 0.1) is 12.6 Å². The molecule has 0 rings (SSSR count). The fraction of sp³-hybridized carbons (Fsp3) is 0.917. The molecule has 0 saturated carbocycles. The van der Waals surface area contributed by atoms with Crippen LogP contribution in [-0.4, -0.2) is 45.1 Å². The molecule has 0 aromatic rings. The van der Waals surface area contributed by atoms with E-state index in [4.69, 9.17) is 0 Å². The molecule has 0 heterocycles. The SMILES string of the molecule is CCCCCCCCCCCCCCCCCC(=O)N[C@@H](CO)[C@H](O)/C(O)=C(\O)CCCCCCCCCCCCC. The van der Waals surface area contributed by atoms with Gasteiger partial charge in [0.1, 0.15) is 11.9 Å². The maximum atomic E-state index is 12.3. The lowest BCUT2D eigenvalue weighted by atomic mass is 10.0. The van der Waals surface area contributed by atoms with Crippen LogP contribution in [0.1, 0.15) is 194 Å². The lowest BCUT2D eigenvalue weighted by molar-refractivity contribution is -0.123. The Morgan fingerprint density at radius 2 is 0.833 bits per heavy atom. The standard InChI is InChI=1S/C36H71NO5/c1-3-5-7-9-11-13-15-16-17-18-20-22-24-26-28-30-34(40)37-32(31-38)35(41)36(42)33(39)29-27-25-23-21-19-14-12-10-8-6-4-2/h32,35,38-39,41-42H,3-31H2,1-2H3,(H,37,40)/b36-33+/t32-,35-/m0/s1. The number of unbranched alkanes of at least 4 members (excludes halogenated alkanes) is 24. The number of allylic oxidation sites excluding steroid dienone is 1. The molecule has 0 aliphatic heterocycles. The van der Waals surface area contributed by atoms with Gasteiger partial charge >= 0.3 is 0 Å². The molecule has 2 atom stereocenters. The van der Waals surface area contributed by atoms with Crippen molar-refractivity contribution < 1.29 is 25.2 Å². The second-order valence-electron chi connectivity index (χ2n) is 12.6. The minimum Gasteiger partial charge on any atom is -0.509 e. The molecule has 0 aromatic heterocycles. The molecule has 0 radical (unpaired) electrons. The van der Waals surface area contributed by atoms with Crippen molar-refractivity contribution in [3.63, 3.8) is 0 Å². The van der Waals surface area contributed by atoms with Crippen LogP contribution in [-0.2, 0) is 4.79 Å². The molecule has 1 amide bonds. The van der Waals surface area contributed by atoms with Crippen LogP contribution in [0.5, 0.6) is 0 Å². The van der Waals surface area contributed by atoms with Gasteiger partial charge in [-0.2, -0.15) is 0 Å². The highest BCUT2D eigenvalue weighted by molar-refractivity contribution is 5.76. The number of hydrogen-bond acceptors (Lipinski definition) is 5. The van der Waals surface area contributed by atoms with Gasteiger partial charge in [0.2, 0.25) is 5.91 Å². The molecule has 0 fully saturated rings. The average Bonchev–Trinajstić information content (AvgIpc) is 2.99. The van der Waals surface area contributed by atoms with Crippen molar-refractivity contribution in [3.05, 3.63) is 11.5 Å². The van der Waals surface area contributed by atoms with E-state index in [-0.39, 0.29) is 18.1 Å². The number of carbonyl (C=O) groups excluding carboxylic acids is 1. The van der Waals surface area contributed by atoms with Crippen molar-refractivity contribution >= 4 is 5.91 Å². The molecule has 250 valence electrons. The summed E-state index contributed by atoms with van der Waals surface area (Å²) < 4.78 is 0. The monoisotopic (exact) mass is 598 g/mol. The number of hydrogen-bond donors (Lipinski definition) is 5. The predicted octanol–water partition coefficient (Wildman–Crippen LogP) is 10.1. The van der Waals surface area contributed by atoms with Crippen LogP contribution in [0.15, 0.2) is 11.5 Å². The van der Waals surface area contributed by atoms with Crippen LogP contribution in [0.25, 0.3) is 0 Å². The zero-order chi connectivity index (χ0) is 31.1. The van der Waals surface area contributed by atoms with Gasteiger partial charge in [-0.15, -0.1) is 0 Å². The molecule has 0 bridgehead atoms. The third-order valence-corrected chi connectivity index (χ3v) is 8.52. The van der Waals surface area contributed by atoms with Crippen molar-refractivity contribution in [1.82, 2.24) is 5.32 Å². The molecule has 0 unspecified atom stereocenters. The van der Waals surface area contributed by atoms with Gasteiger partial charge in [0.25, 0.3) is 0 Å². The molecule has 0 spiro atoms. The van der Waals surface area contributed by atoms with Gasteiger partial charge in [-0.3, -0.25) is 4.79 Å². The number of aliphatic hydroxyl groups is 4. The van der Waals surface area contributed by atoms with Crippen molar-refractivity contribution in [1.29, 1.82) is 0 Å². The van der Waals surface area contributed by atoms with Gasteiger partial charge < -0.3 is 25.7 Å². The maximum Gasteiger partial charge on any atom is 0.220 e. The zero-order valence-corrected chi connectivity index (χ0v) is 27.9. The summed E-state index contributed by atoms with van der Waals surface area (Å²) in [5, 5.41) is 43.3. The Kier molecular flexibility index (Phi) is 30.2. The maximum absolute atomic E-state index is 12.3. The van der Waals surface area contributed by atoms with E-state index in [1.807, 2.05) is 0 Å². The summed E-state index contributed by atoms with van der Waals surface area (Å²) in [5.74, 6) is -1.05. The topological polar surface area (TPSA) is 110 Å². The number of carbonyl (C=O) groups is 1. The summed E-state index contributed by atoms with van der Waals surface area (Å²) in [6, 6.07) is -1.03. The van der Waals surface area contributed by atoms with E-state index in [1.54, 1.807) is 0 Å². The summed E-state index contributed by atoms with van der Waals surface area (Å²) in [6.45, 7) is 3.98. The third kappa shape index (κ3) is 25.2. The molecular weight excluding hydrogens is 526 g/mol. The first kappa shape index (κ1) is 40.7. The number of aliphatic hydroxyl groups excluding tert-OH is 4. The van der Waals surface area contributed by atoms with Crippen LogP contribution < -0.4 is 5.32 Å². The summed E-state index contributed by atoms with van der Waals surface area (Å²) in [4.78, 5) is 12.3. The summed E-state index contributed by atoms with van der Waals surface area (Å²) >= 11 is 0. The summed E-state index contributed by atoms with van der Waals surface area (Å²) in [5.41, 5.74) is 0. The third-order valence-electron chi connectivity index (χ3n) is 8.52. The summed E-state index contributed by atoms with van der Waals surface area (Å²) in [6.07, 6.45) is 31.2. The van der Waals surface area contributed by atoms with Gasteiger partial charge in [0.15, 0.2) is 5.76 Å². The van der Waals surface area contributed by atoms with Crippen LogP contribution >= 0.6 is 0 Å². The molecule has 5 N–H and O–H groups in total. The van der Waals surface area contributed by atoms with Gasteiger partial charge in [0, 0.05) is 12.8 Å². The highest BCUT2D eigenvalue weighted by Crippen LogP contribution is 2.17. The molecule has 6 nitrogen and oxygen atoms in total. The second kappa shape index (κ2) is 31.2. The minimum absolute atomic E-state index is 0.250. The number of rotatable bonds is 32. The Hall–Kier alpha value is -1.27. The molecule has 0 aliphatic rings. The zero-order valence-electron chi connectivity index (χ0n) is 27.9. The van der Waals surface area contributed by atoms with Crippen LogP contribution in [0.3, 0.4) is 0 Å². The first-order valence-electron chi connectivity index (χ1n) is 18.2. The van der Waals surface area contributed by atoms with Gasteiger partial charge in [-0.25, -0.2) is 0 Å². The highest BCUT2D eigenvalue weighted by Gasteiger charge is 2.26. The number of nitrogens with one attached hydrogen (secondary N) is 1. The lowest BCUT2D eigenvalue weighted by Gasteiger charge is -2.22. The van der Waals surface area contributed by atoms with Crippen LogP contribution in [0.4, 0.5) is 0 Å². The first-order chi connectivity index (χ1) is 20.5. The van der Waals surface area contributed by atoms with E-state index in [0.29, 0.717) is 6.42 Å². The number of amides is 1. The normalized spacial score (nSPS) is 13.6. The second-order valence-corrected chi connectivity index (χ2v) is 12.6. The Morgan fingerprint density at radius 3 is 1.17 bits per heavy atom. The van der Waals surface area contributed by atoms with Crippen molar-refractivity contribution in [2.75, 3.05) is 6.61 Å². The minimum atomic E-state index is -1.52. The summed E-state index contributed by atoms with van der Waals surface area (Å²) in [7, 11) is 0. The van der Waals surface area contributed by atoms with E-state index in [2.05, 4.69) is 19.2 Å². The van der Waals surface area contributed by atoms with Crippen molar-refractivity contribution in [2.45, 2.75) is 206 Å². The van der Waals surface area contributed by atoms with Crippen LogP contribution in [0, 0.1) is 0 Å². The van der Waals surface area contributed by atoms with Gasteiger partial charge in [-0.1, -0.05) is 168 Å². The average molecular weight is 598 g/mol. The van der Waals surface area contributed by atoms with Gasteiger partial charge in [-0.05, 0) is 12.8 Å². The van der Waals surface area contributed by atoms with E-state index < -0.39 is 24.5 Å². The van der Waals surface area contributed by atoms with E-state index in [9.17, 15) is 25.2 Å². The highest BCUT2D eigenvalue weighted by atomic mass is 16.3. The lowest BCUT2D eigenvalue weighted by Crippen LogP contribution is -2.46. The fourth-order valence-corrected chi connectivity index (χ4v) is 5.61. The molecule has 0 aliphatic carbocycles. The quantitative estimate of drug-likeness (QED) is 0.0391. The van der Waals surface area contributed by atoms with Crippen molar-refractivity contribution in [3.8, 4) is 0 Å². The smallest absolute Gasteiger partial charge is 0.220 e. The Labute approximate surface area is 260 Å². The predicted molar refractivity (Wildman–Crippen MR) is 178 cm³/mol. The first-order valence-corrected chi connectivity index (χ1v) is 18.2. The van der Waals surface area contributed by atoms with Crippen LogP contribution in [0.2, 0.25) is 0 Å².